The normalized spacial score (nSPS) is 10.1. The van der Waals surface area contributed by atoms with Crippen molar-refractivity contribution >= 4 is 64.4 Å². The maximum atomic E-state index is 12.4. The number of thiazole rings is 1. The standard InChI is InChI=1S/C15H16Cl2N4O2S.ClH/c1-2-21(15(23)11-8-24-13(6-18)19-11)7-12(22)20-14-9(16)4-3-5-10(14)17;/h3-5,8H,2,6-7,18H2,1H3,(H,20,22);1H. The Balaban J connectivity index is 0.00000312. The van der Waals surface area contributed by atoms with Crippen LogP contribution in [0.5, 0.6) is 0 Å². The molecule has 0 bridgehead atoms. The summed E-state index contributed by atoms with van der Waals surface area (Å²) >= 11 is 13.4. The molecule has 0 spiro atoms. The Morgan fingerprint density at radius 1 is 1.32 bits per heavy atom. The van der Waals surface area contributed by atoms with Gasteiger partial charge in [0, 0.05) is 18.5 Å². The SMILES string of the molecule is CCN(CC(=O)Nc1c(Cl)cccc1Cl)C(=O)c1csc(CN)n1.Cl. The van der Waals surface area contributed by atoms with E-state index >= 15 is 0 Å². The number of carbonyl (C=O) groups is 2. The molecule has 0 unspecified atom stereocenters. The molecule has 2 aromatic rings. The molecule has 0 saturated heterocycles. The highest BCUT2D eigenvalue weighted by atomic mass is 35.5. The van der Waals surface area contributed by atoms with Gasteiger partial charge in [-0.3, -0.25) is 9.59 Å². The third kappa shape index (κ3) is 5.55. The number of hydrogen-bond donors (Lipinski definition) is 2. The van der Waals surface area contributed by atoms with Crippen LogP contribution in [-0.2, 0) is 11.3 Å². The second-order valence-electron chi connectivity index (χ2n) is 4.79. The van der Waals surface area contributed by atoms with Crippen LogP contribution in [0.1, 0.15) is 22.4 Å². The second-order valence-corrected chi connectivity index (χ2v) is 6.55. The van der Waals surface area contributed by atoms with Crippen molar-refractivity contribution in [1.82, 2.24) is 9.88 Å². The van der Waals surface area contributed by atoms with Gasteiger partial charge in [0.05, 0.1) is 15.7 Å². The topological polar surface area (TPSA) is 88.3 Å². The van der Waals surface area contributed by atoms with Crippen molar-refractivity contribution in [3.05, 3.63) is 44.3 Å². The zero-order valence-corrected chi connectivity index (χ0v) is 16.4. The summed E-state index contributed by atoms with van der Waals surface area (Å²) in [5, 5.41) is 5.60. The van der Waals surface area contributed by atoms with E-state index in [4.69, 9.17) is 28.9 Å². The van der Waals surface area contributed by atoms with Crippen LogP contribution in [0.2, 0.25) is 10.0 Å². The Hall–Kier alpha value is -1.38. The summed E-state index contributed by atoms with van der Waals surface area (Å²) in [5.74, 6) is -0.719. The van der Waals surface area contributed by atoms with E-state index in [2.05, 4.69) is 10.3 Å². The number of halogens is 3. The number of nitrogens with zero attached hydrogens (tertiary/aromatic N) is 2. The van der Waals surface area contributed by atoms with E-state index < -0.39 is 5.91 Å². The molecule has 1 aromatic heterocycles. The molecule has 2 rings (SSSR count). The molecule has 2 amide bonds. The Labute approximate surface area is 165 Å². The summed E-state index contributed by atoms with van der Waals surface area (Å²) < 4.78 is 0. The smallest absolute Gasteiger partial charge is 0.273 e. The Morgan fingerprint density at radius 3 is 2.48 bits per heavy atom. The van der Waals surface area contributed by atoms with Crippen molar-refractivity contribution in [3.8, 4) is 0 Å². The highest BCUT2D eigenvalue weighted by Crippen LogP contribution is 2.29. The minimum atomic E-state index is -0.394. The zero-order valence-electron chi connectivity index (χ0n) is 13.3. The third-order valence-corrected chi connectivity index (χ3v) is 4.68. The predicted molar refractivity (Wildman–Crippen MR) is 104 cm³/mol. The number of nitrogens with one attached hydrogen (secondary N) is 1. The van der Waals surface area contributed by atoms with Gasteiger partial charge < -0.3 is 16.0 Å². The number of anilines is 1. The van der Waals surface area contributed by atoms with Crippen LogP contribution >= 0.6 is 46.9 Å². The Bertz CT molecular complexity index is 734. The number of aromatic nitrogens is 1. The number of likely N-dealkylation sites (N-methyl/N-ethyl adjacent to an activating group) is 1. The monoisotopic (exact) mass is 422 g/mol. The van der Waals surface area contributed by atoms with Gasteiger partial charge >= 0.3 is 0 Å². The van der Waals surface area contributed by atoms with Gasteiger partial charge in [-0.15, -0.1) is 23.7 Å². The molecule has 1 heterocycles. The van der Waals surface area contributed by atoms with Crippen molar-refractivity contribution in [3.63, 3.8) is 0 Å². The quantitative estimate of drug-likeness (QED) is 0.745. The molecular weight excluding hydrogens is 407 g/mol. The van der Waals surface area contributed by atoms with Crippen LogP contribution in [0.4, 0.5) is 5.69 Å². The van der Waals surface area contributed by atoms with Gasteiger partial charge in [-0.05, 0) is 19.1 Å². The van der Waals surface area contributed by atoms with Crippen LogP contribution in [0, 0.1) is 0 Å². The highest BCUT2D eigenvalue weighted by molar-refractivity contribution is 7.09. The van der Waals surface area contributed by atoms with E-state index in [1.807, 2.05) is 0 Å². The number of hydrogen-bond acceptors (Lipinski definition) is 5. The molecule has 0 aliphatic carbocycles. The lowest BCUT2D eigenvalue weighted by molar-refractivity contribution is -0.116. The fourth-order valence-corrected chi connectivity index (χ4v) is 3.10. The van der Waals surface area contributed by atoms with E-state index in [-0.39, 0.29) is 37.1 Å². The van der Waals surface area contributed by atoms with Crippen molar-refractivity contribution in [2.45, 2.75) is 13.5 Å². The van der Waals surface area contributed by atoms with Crippen LogP contribution in [0.3, 0.4) is 0 Å². The molecule has 25 heavy (non-hydrogen) atoms. The summed E-state index contributed by atoms with van der Waals surface area (Å²) in [6.07, 6.45) is 0. The average Bonchev–Trinajstić information content (AvgIpc) is 3.04. The minimum Gasteiger partial charge on any atom is -0.328 e. The lowest BCUT2D eigenvalue weighted by Crippen LogP contribution is -2.38. The lowest BCUT2D eigenvalue weighted by Gasteiger charge is -2.19. The first-order chi connectivity index (χ1) is 11.5. The largest absolute Gasteiger partial charge is 0.328 e. The maximum Gasteiger partial charge on any atom is 0.273 e. The van der Waals surface area contributed by atoms with Gasteiger partial charge in [0.1, 0.15) is 17.2 Å². The molecular formula is C15H17Cl3N4O2S. The fraction of sp³-hybridized carbons (Fsp3) is 0.267. The van der Waals surface area contributed by atoms with Gasteiger partial charge in [-0.2, -0.15) is 0 Å². The first kappa shape index (κ1) is 21.7. The Morgan fingerprint density at radius 2 is 1.96 bits per heavy atom. The summed E-state index contributed by atoms with van der Waals surface area (Å²) in [5.41, 5.74) is 6.11. The van der Waals surface area contributed by atoms with Gasteiger partial charge in [0.2, 0.25) is 5.91 Å². The van der Waals surface area contributed by atoms with Gasteiger partial charge in [0.15, 0.2) is 0 Å². The Kier molecular flexibility index (Phi) is 8.61. The minimum absolute atomic E-state index is 0. The molecule has 136 valence electrons. The zero-order chi connectivity index (χ0) is 17.7. The molecule has 0 atom stereocenters. The number of rotatable bonds is 6. The molecule has 0 radical (unpaired) electrons. The first-order valence-corrected chi connectivity index (χ1v) is 8.77. The van der Waals surface area contributed by atoms with Crippen LogP contribution < -0.4 is 11.1 Å². The summed E-state index contributed by atoms with van der Waals surface area (Å²) in [6, 6.07) is 4.92. The van der Waals surface area contributed by atoms with Gasteiger partial charge in [-0.25, -0.2) is 4.98 Å². The van der Waals surface area contributed by atoms with Crippen molar-refractivity contribution in [1.29, 1.82) is 0 Å². The summed E-state index contributed by atoms with van der Waals surface area (Å²) in [4.78, 5) is 30.2. The molecule has 3 N–H and O–H groups in total. The lowest BCUT2D eigenvalue weighted by atomic mass is 10.3. The number of benzene rings is 1. The molecule has 0 fully saturated rings. The van der Waals surface area contributed by atoms with Crippen molar-refractivity contribution in [2.24, 2.45) is 5.73 Å². The van der Waals surface area contributed by atoms with E-state index in [1.54, 1.807) is 30.5 Å². The van der Waals surface area contributed by atoms with E-state index in [1.165, 1.54) is 16.2 Å². The number of para-hydroxylation sites is 1. The molecule has 0 aliphatic rings. The van der Waals surface area contributed by atoms with Gasteiger partial charge in [0.25, 0.3) is 5.91 Å². The number of amides is 2. The van der Waals surface area contributed by atoms with E-state index in [9.17, 15) is 9.59 Å². The first-order valence-electron chi connectivity index (χ1n) is 7.13. The van der Waals surface area contributed by atoms with E-state index in [0.717, 1.165) is 0 Å². The predicted octanol–water partition coefficient (Wildman–Crippen LogP) is 3.43. The van der Waals surface area contributed by atoms with Crippen LogP contribution in [0.15, 0.2) is 23.6 Å². The van der Waals surface area contributed by atoms with Crippen LogP contribution in [0.25, 0.3) is 0 Å². The summed E-state index contributed by atoms with van der Waals surface area (Å²) in [7, 11) is 0. The summed E-state index contributed by atoms with van der Waals surface area (Å²) in [6.45, 7) is 2.28. The third-order valence-electron chi connectivity index (χ3n) is 3.18. The van der Waals surface area contributed by atoms with Crippen molar-refractivity contribution < 1.29 is 9.59 Å². The highest BCUT2D eigenvalue weighted by Gasteiger charge is 2.20. The number of carbonyl (C=O) groups excluding carboxylic acids is 2. The fourth-order valence-electron chi connectivity index (χ4n) is 1.96. The maximum absolute atomic E-state index is 12.4. The number of nitrogens with two attached hydrogens (primary N) is 1. The second kappa shape index (κ2) is 9.94. The average molecular weight is 424 g/mol. The van der Waals surface area contributed by atoms with Crippen molar-refractivity contribution in [2.75, 3.05) is 18.4 Å². The van der Waals surface area contributed by atoms with E-state index in [0.29, 0.717) is 27.3 Å². The molecule has 0 saturated carbocycles. The molecule has 10 heteroatoms. The van der Waals surface area contributed by atoms with Crippen LogP contribution in [-0.4, -0.2) is 34.8 Å². The molecule has 6 nitrogen and oxygen atoms in total. The molecule has 0 aliphatic heterocycles. The van der Waals surface area contributed by atoms with Gasteiger partial charge in [-0.1, -0.05) is 29.3 Å². The molecule has 1 aromatic carbocycles.